The molecule has 0 atom stereocenters. The highest BCUT2D eigenvalue weighted by Crippen LogP contribution is 2.10. The summed E-state index contributed by atoms with van der Waals surface area (Å²) in [5.74, 6) is -0.121. The fourth-order valence-electron chi connectivity index (χ4n) is 2.83. The number of hydrogen-bond donors (Lipinski definition) is 0. The van der Waals surface area contributed by atoms with Crippen LogP contribution >= 0.6 is 0 Å². The molecular formula is C22H40O4. The Morgan fingerprint density at radius 1 is 0.577 bits per heavy atom. The predicted molar refractivity (Wildman–Crippen MR) is 107 cm³/mol. The van der Waals surface area contributed by atoms with Crippen LogP contribution in [0.3, 0.4) is 0 Å². The first-order chi connectivity index (χ1) is 12.7. The summed E-state index contributed by atoms with van der Waals surface area (Å²) in [6.45, 7) is 4.67. The number of carbonyl (C=O) groups is 2. The molecule has 0 amide bonds. The van der Waals surface area contributed by atoms with Gasteiger partial charge in [0.15, 0.2) is 0 Å². The fraction of sp³-hybridized carbons (Fsp3) is 0.818. The Hall–Kier alpha value is -1.32. The maximum atomic E-state index is 11.2. The van der Waals surface area contributed by atoms with E-state index in [0.717, 1.165) is 38.5 Å². The second-order valence-corrected chi connectivity index (χ2v) is 6.69. The molecule has 152 valence electrons. The Labute approximate surface area is 160 Å². The van der Waals surface area contributed by atoms with Crippen molar-refractivity contribution in [2.24, 2.45) is 0 Å². The first kappa shape index (κ1) is 24.7. The summed E-state index contributed by atoms with van der Waals surface area (Å²) in [5.41, 5.74) is 0. The summed E-state index contributed by atoms with van der Waals surface area (Å²) in [4.78, 5) is 22.4. The van der Waals surface area contributed by atoms with Crippen molar-refractivity contribution in [2.75, 3.05) is 13.2 Å². The molecule has 0 radical (unpaired) electrons. The van der Waals surface area contributed by atoms with Crippen LogP contribution in [0.25, 0.3) is 0 Å². The van der Waals surface area contributed by atoms with E-state index in [1.165, 1.54) is 38.5 Å². The van der Waals surface area contributed by atoms with Crippen molar-refractivity contribution in [1.82, 2.24) is 0 Å². The minimum absolute atomic E-state index is 0.0607. The number of allylic oxidation sites excluding steroid dienone is 2. The van der Waals surface area contributed by atoms with Crippen molar-refractivity contribution in [3.63, 3.8) is 0 Å². The van der Waals surface area contributed by atoms with E-state index >= 15 is 0 Å². The van der Waals surface area contributed by atoms with E-state index in [4.69, 9.17) is 9.47 Å². The molecule has 26 heavy (non-hydrogen) atoms. The number of esters is 2. The molecule has 0 aliphatic carbocycles. The number of unbranched alkanes of at least 4 members (excludes halogenated alkanes) is 10. The summed E-state index contributed by atoms with van der Waals surface area (Å²) in [6.07, 6.45) is 19.6. The van der Waals surface area contributed by atoms with Gasteiger partial charge < -0.3 is 9.47 Å². The Kier molecular flexibility index (Phi) is 19.0. The van der Waals surface area contributed by atoms with Crippen LogP contribution in [0.4, 0.5) is 0 Å². The molecule has 0 unspecified atom stereocenters. The first-order valence-electron chi connectivity index (χ1n) is 10.7. The highest BCUT2D eigenvalue weighted by atomic mass is 16.5. The molecule has 4 heteroatoms. The number of rotatable bonds is 18. The Morgan fingerprint density at radius 2 is 0.923 bits per heavy atom. The van der Waals surface area contributed by atoms with Crippen LogP contribution in [0.2, 0.25) is 0 Å². The Balaban J connectivity index is 3.20. The lowest BCUT2D eigenvalue weighted by Crippen LogP contribution is -2.03. The van der Waals surface area contributed by atoms with Gasteiger partial charge in [-0.25, -0.2) is 0 Å². The highest BCUT2D eigenvalue weighted by Gasteiger charge is 2.01. The molecular weight excluding hydrogens is 328 g/mol. The standard InChI is InChI=1S/C22H40O4/c1-3-25-21(23)19-17-15-13-11-9-7-5-6-8-10-12-14-16-18-20-22(24)26-4-2/h5-6H,3-4,7-20H2,1-2H3/b6-5+. The molecule has 0 saturated carbocycles. The summed E-state index contributed by atoms with van der Waals surface area (Å²) >= 11 is 0. The molecule has 0 aromatic rings. The van der Waals surface area contributed by atoms with E-state index in [9.17, 15) is 9.59 Å². The molecule has 4 nitrogen and oxygen atoms in total. The number of hydrogen-bond acceptors (Lipinski definition) is 4. The Bertz CT molecular complexity index is 329. The summed E-state index contributed by atoms with van der Waals surface area (Å²) in [6, 6.07) is 0. The van der Waals surface area contributed by atoms with Gasteiger partial charge in [0.05, 0.1) is 13.2 Å². The maximum Gasteiger partial charge on any atom is 0.305 e. The van der Waals surface area contributed by atoms with Crippen molar-refractivity contribution in [3.05, 3.63) is 12.2 Å². The van der Waals surface area contributed by atoms with Gasteiger partial charge in [0.2, 0.25) is 0 Å². The van der Waals surface area contributed by atoms with Crippen molar-refractivity contribution in [3.8, 4) is 0 Å². The first-order valence-corrected chi connectivity index (χ1v) is 10.7. The number of ether oxygens (including phenoxy) is 2. The van der Waals surface area contributed by atoms with Gasteiger partial charge in [-0.05, 0) is 52.4 Å². The van der Waals surface area contributed by atoms with Crippen LogP contribution in [0.5, 0.6) is 0 Å². The zero-order valence-corrected chi connectivity index (χ0v) is 17.1. The van der Waals surface area contributed by atoms with Gasteiger partial charge in [0, 0.05) is 12.8 Å². The third-order valence-electron chi connectivity index (χ3n) is 4.28. The normalized spacial score (nSPS) is 11.0. The van der Waals surface area contributed by atoms with E-state index in [0.29, 0.717) is 26.1 Å². The van der Waals surface area contributed by atoms with E-state index in [1.807, 2.05) is 13.8 Å². The third kappa shape index (κ3) is 19.0. The molecule has 0 aromatic heterocycles. The van der Waals surface area contributed by atoms with E-state index in [1.54, 1.807) is 0 Å². The van der Waals surface area contributed by atoms with Gasteiger partial charge in [0.1, 0.15) is 0 Å². The van der Waals surface area contributed by atoms with Crippen molar-refractivity contribution in [2.45, 2.75) is 104 Å². The minimum atomic E-state index is -0.0607. The van der Waals surface area contributed by atoms with Crippen LogP contribution in [0, 0.1) is 0 Å². The summed E-state index contributed by atoms with van der Waals surface area (Å²) < 4.78 is 9.83. The second-order valence-electron chi connectivity index (χ2n) is 6.69. The molecule has 0 saturated heterocycles. The van der Waals surface area contributed by atoms with Crippen LogP contribution in [-0.4, -0.2) is 25.2 Å². The summed E-state index contributed by atoms with van der Waals surface area (Å²) in [5, 5.41) is 0. The molecule has 0 bridgehead atoms. The SMILES string of the molecule is CCOC(=O)CCCCCCC/C=C/CCCCCCCC(=O)OCC. The average Bonchev–Trinajstić information content (AvgIpc) is 2.61. The smallest absolute Gasteiger partial charge is 0.305 e. The lowest BCUT2D eigenvalue weighted by Gasteiger charge is -2.02. The van der Waals surface area contributed by atoms with Gasteiger partial charge in [-0.2, -0.15) is 0 Å². The lowest BCUT2D eigenvalue weighted by molar-refractivity contribution is -0.144. The van der Waals surface area contributed by atoms with Gasteiger partial charge in [-0.3, -0.25) is 9.59 Å². The maximum absolute atomic E-state index is 11.2. The van der Waals surface area contributed by atoms with Crippen molar-refractivity contribution in [1.29, 1.82) is 0 Å². The molecule has 0 heterocycles. The molecule has 0 aliphatic heterocycles. The average molecular weight is 369 g/mol. The zero-order valence-electron chi connectivity index (χ0n) is 17.1. The van der Waals surface area contributed by atoms with Crippen molar-refractivity contribution < 1.29 is 19.1 Å². The fourth-order valence-corrected chi connectivity index (χ4v) is 2.83. The highest BCUT2D eigenvalue weighted by molar-refractivity contribution is 5.69. The second kappa shape index (κ2) is 20.0. The van der Waals surface area contributed by atoms with Gasteiger partial charge in [-0.15, -0.1) is 0 Å². The molecule has 0 fully saturated rings. The predicted octanol–water partition coefficient (Wildman–Crippen LogP) is 6.13. The van der Waals surface area contributed by atoms with E-state index in [2.05, 4.69) is 12.2 Å². The topological polar surface area (TPSA) is 52.6 Å². The van der Waals surface area contributed by atoms with Gasteiger partial charge >= 0.3 is 11.9 Å². The molecule has 0 aliphatic rings. The number of carbonyl (C=O) groups excluding carboxylic acids is 2. The quantitative estimate of drug-likeness (QED) is 0.166. The summed E-state index contributed by atoms with van der Waals surface area (Å²) in [7, 11) is 0. The largest absolute Gasteiger partial charge is 0.466 e. The molecule has 0 aromatic carbocycles. The lowest BCUT2D eigenvalue weighted by atomic mass is 10.1. The third-order valence-corrected chi connectivity index (χ3v) is 4.28. The van der Waals surface area contributed by atoms with Crippen LogP contribution in [0.1, 0.15) is 104 Å². The van der Waals surface area contributed by atoms with Gasteiger partial charge in [0.25, 0.3) is 0 Å². The van der Waals surface area contributed by atoms with Gasteiger partial charge in [-0.1, -0.05) is 50.7 Å². The zero-order chi connectivity index (χ0) is 19.3. The molecule has 0 rings (SSSR count). The molecule has 0 N–H and O–H groups in total. The minimum Gasteiger partial charge on any atom is -0.466 e. The van der Waals surface area contributed by atoms with Crippen LogP contribution < -0.4 is 0 Å². The van der Waals surface area contributed by atoms with E-state index in [-0.39, 0.29) is 11.9 Å². The molecule has 0 spiro atoms. The van der Waals surface area contributed by atoms with Crippen LogP contribution in [0.15, 0.2) is 12.2 Å². The van der Waals surface area contributed by atoms with Crippen molar-refractivity contribution >= 4 is 11.9 Å². The van der Waals surface area contributed by atoms with E-state index < -0.39 is 0 Å². The van der Waals surface area contributed by atoms with Crippen LogP contribution in [-0.2, 0) is 19.1 Å². The Morgan fingerprint density at radius 3 is 1.31 bits per heavy atom. The monoisotopic (exact) mass is 368 g/mol.